The van der Waals surface area contributed by atoms with E-state index in [-0.39, 0.29) is 0 Å². The minimum absolute atomic E-state index is 0.311. The summed E-state index contributed by atoms with van der Waals surface area (Å²) in [5, 5.41) is 4.47. The monoisotopic (exact) mass is 305 g/mol. The summed E-state index contributed by atoms with van der Waals surface area (Å²) < 4.78 is 2.02. The van der Waals surface area contributed by atoms with E-state index < -0.39 is 0 Å². The van der Waals surface area contributed by atoms with Crippen LogP contribution in [-0.4, -0.2) is 63.2 Å². The van der Waals surface area contributed by atoms with Crippen LogP contribution in [0.2, 0.25) is 0 Å². The molecule has 0 N–H and O–H groups in total. The summed E-state index contributed by atoms with van der Waals surface area (Å²) in [4.78, 5) is 21.0. The highest BCUT2D eigenvalue weighted by molar-refractivity contribution is 5.78. The van der Waals surface area contributed by atoms with E-state index in [9.17, 15) is 4.79 Å². The fraction of sp³-hybridized carbons (Fsp3) is 0.812. The third-order valence-corrected chi connectivity index (χ3v) is 4.81. The molecule has 1 aromatic rings. The number of carbonyl (C=O) groups excluding carboxylic acids is 1. The Morgan fingerprint density at radius 2 is 1.95 bits per heavy atom. The van der Waals surface area contributed by atoms with Gasteiger partial charge in [-0.25, -0.2) is 9.67 Å². The normalized spacial score (nSPS) is 23.2. The van der Waals surface area contributed by atoms with Gasteiger partial charge >= 0.3 is 0 Å². The highest BCUT2D eigenvalue weighted by atomic mass is 16.2. The first-order valence-corrected chi connectivity index (χ1v) is 8.50. The van der Waals surface area contributed by atoms with Crippen molar-refractivity contribution in [3.05, 3.63) is 11.6 Å². The van der Waals surface area contributed by atoms with Gasteiger partial charge < -0.3 is 4.90 Å². The highest BCUT2D eigenvalue weighted by Gasteiger charge is 2.25. The number of nitrogens with zero attached hydrogens (tertiary/aromatic N) is 5. The lowest BCUT2D eigenvalue weighted by Crippen LogP contribution is -2.44. The SMILES string of the molecule is Cc1nc(C)n(C[C@@H]2CCCN(CC(=O)N3CCCC3)C2)n1. The number of rotatable bonds is 4. The van der Waals surface area contributed by atoms with Crippen molar-refractivity contribution in [3.8, 4) is 0 Å². The number of aryl methyl sites for hydroxylation is 2. The molecule has 0 aromatic carbocycles. The van der Waals surface area contributed by atoms with Gasteiger partial charge in [-0.05, 0) is 52.0 Å². The first kappa shape index (κ1) is 15.5. The average Bonchev–Trinajstić information content (AvgIpc) is 3.10. The van der Waals surface area contributed by atoms with E-state index in [1.807, 2.05) is 23.4 Å². The lowest BCUT2D eigenvalue weighted by atomic mass is 9.98. The third-order valence-electron chi connectivity index (χ3n) is 4.81. The molecule has 0 aliphatic carbocycles. The molecule has 1 aromatic heterocycles. The fourth-order valence-electron chi connectivity index (χ4n) is 3.68. The predicted octanol–water partition coefficient (Wildman–Crippen LogP) is 1.23. The molecule has 2 fully saturated rings. The fourth-order valence-corrected chi connectivity index (χ4v) is 3.68. The maximum atomic E-state index is 12.3. The van der Waals surface area contributed by atoms with E-state index in [4.69, 9.17) is 0 Å². The van der Waals surface area contributed by atoms with Crippen molar-refractivity contribution in [1.29, 1.82) is 0 Å². The number of hydrogen-bond donors (Lipinski definition) is 0. The molecule has 0 unspecified atom stereocenters. The summed E-state index contributed by atoms with van der Waals surface area (Å²) in [7, 11) is 0. The second-order valence-corrected chi connectivity index (χ2v) is 6.72. The van der Waals surface area contributed by atoms with Crippen LogP contribution < -0.4 is 0 Å². The van der Waals surface area contributed by atoms with Gasteiger partial charge in [-0.1, -0.05) is 0 Å². The van der Waals surface area contributed by atoms with Gasteiger partial charge in [-0.15, -0.1) is 0 Å². The highest BCUT2D eigenvalue weighted by Crippen LogP contribution is 2.19. The van der Waals surface area contributed by atoms with Crippen molar-refractivity contribution < 1.29 is 4.79 Å². The molecular weight excluding hydrogens is 278 g/mol. The molecule has 0 spiro atoms. The first-order chi connectivity index (χ1) is 10.6. The molecule has 1 atom stereocenters. The summed E-state index contributed by atoms with van der Waals surface area (Å²) in [6.45, 7) is 9.40. The Labute approximate surface area is 132 Å². The molecule has 0 saturated carbocycles. The van der Waals surface area contributed by atoms with Crippen LogP contribution in [0.1, 0.15) is 37.3 Å². The van der Waals surface area contributed by atoms with E-state index in [0.717, 1.165) is 44.4 Å². The molecule has 22 heavy (non-hydrogen) atoms. The Morgan fingerprint density at radius 3 is 2.64 bits per heavy atom. The maximum Gasteiger partial charge on any atom is 0.236 e. The van der Waals surface area contributed by atoms with E-state index >= 15 is 0 Å². The van der Waals surface area contributed by atoms with Gasteiger partial charge in [0.1, 0.15) is 11.6 Å². The molecule has 6 heteroatoms. The van der Waals surface area contributed by atoms with Gasteiger partial charge in [-0.2, -0.15) is 5.10 Å². The Morgan fingerprint density at radius 1 is 1.18 bits per heavy atom. The second kappa shape index (κ2) is 6.77. The zero-order chi connectivity index (χ0) is 15.5. The van der Waals surface area contributed by atoms with E-state index in [1.54, 1.807) is 0 Å². The number of piperidine rings is 1. The van der Waals surface area contributed by atoms with Crippen molar-refractivity contribution in [2.24, 2.45) is 5.92 Å². The molecule has 3 heterocycles. The number of likely N-dealkylation sites (tertiary alicyclic amines) is 2. The molecular formula is C16H27N5O. The molecule has 6 nitrogen and oxygen atoms in total. The summed E-state index contributed by atoms with van der Waals surface area (Å²) in [6, 6.07) is 0. The van der Waals surface area contributed by atoms with Crippen molar-refractivity contribution in [3.63, 3.8) is 0 Å². The zero-order valence-corrected chi connectivity index (χ0v) is 13.8. The van der Waals surface area contributed by atoms with Crippen LogP contribution in [0.5, 0.6) is 0 Å². The molecule has 0 bridgehead atoms. The molecule has 1 amide bonds. The Kier molecular flexibility index (Phi) is 4.76. The van der Waals surface area contributed by atoms with Crippen LogP contribution in [0.3, 0.4) is 0 Å². The molecule has 0 radical (unpaired) electrons. The van der Waals surface area contributed by atoms with Crippen molar-refractivity contribution in [2.75, 3.05) is 32.7 Å². The largest absolute Gasteiger partial charge is 0.342 e. The molecule has 3 rings (SSSR count). The molecule has 2 aliphatic rings. The Hall–Kier alpha value is -1.43. The summed E-state index contributed by atoms with van der Waals surface area (Å²) in [6.07, 6.45) is 4.72. The van der Waals surface area contributed by atoms with Gasteiger partial charge in [0.15, 0.2) is 0 Å². The maximum absolute atomic E-state index is 12.3. The van der Waals surface area contributed by atoms with E-state index in [1.165, 1.54) is 25.7 Å². The lowest BCUT2D eigenvalue weighted by molar-refractivity contribution is -0.131. The Balaban J connectivity index is 1.52. The average molecular weight is 305 g/mol. The van der Waals surface area contributed by atoms with E-state index in [0.29, 0.717) is 18.4 Å². The van der Waals surface area contributed by atoms with Crippen LogP contribution in [0.25, 0.3) is 0 Å². The molecule has 2 aliphatic heterocycles. The summed E-state index contributed by atoms with van der Waals surface area (Å²) in [5.74, 6) is 2.71. The molecule has 2 saturated heterocycles. The quantitative estimate of drug-likeness (QED) is 0.839. The minimum Gasteiger partial charge on any atom is -0.342 e. The number of hydrogen-bond acceptors (Lipinski definition) is 4. The third kappa shape index (κ3) is 3.66. The van der Waals surface area contributed by atoms with E-state index in [2.05, 4.69) is 15.0 Å². The minimum atomic E-state index is 0.311. The van der Waals surface area contributed by atoms with Crippen molar-refractivity contribution >= 4 is 5.91 Å². The summed E-state index contributed by atoms with van der Waals surface area (Å²) >= 11 is 0. The van der Waals surface area contributed by atoms with Crippen LogP contribution in [0.4, 0.5) is 0 Å². The predicted molar refractivity (Wildman–Crippen MR) is 84.5 cm³/mol. The van der Waals surface area contributed by atoms with Crippen LogP contribution in [0, 0.1) is 19.8 Å². The number of aromatic nitrogens is 3. The van der Waals surface area contributed by atoms with Crippen molar-refractivity contribution in [1.82, 2.24) is 24.6 Å². The number of carbonyl (C=O) groups is 1. The van der Waals surface area contributed by atoms with Crippen LogP contribution in [0.15, 0.2) is 0 Å². The van der Waals surface area contributed by atoms with Gasteiger partial charge in [0, 0.05) is 26.2 Å². The number of amides is 1. The van der Waals surface area contributed by atoms with Gasteiger partial charge in [0.05, 0.1) is 6.54 Å². The van der Waals surface area contributed by atoms with Gasteiger partial charge in [0.2, 0.25) is 5.91 Å². The standard InChI is InChI=1S/C16H27N5O/c1-13-17-14(2)21(18-13)11-15-6-5-7-19(10-15)12-16(22)20-8-3-4-9-20/h15H,3-12H2,1-2H3/t15-/m1/s1. The van der Waals surface area contributed by atoms with Gasteiger partial charge in [-0.3, -0.25) is 9.69 Å². The van der Waals surface area contributed by atoms with Gasteiger partial charge in [0.25, 0.3) is 0 Å². The van der Waals surface area contributed by atoms with Crippen LogP contribution in [-0.2, 0) is 11.3 Å². The second-order valence-electron chi connectivity index (χ2n) is 6.72. The molecule has 122 valence electrons. The van der Waals surface area contributed by atoms with Crippen molar-refractivity contribution in [2.45, 2.75) is 46.1 Å². The van der Waals surface area contributed by atoms with Crippen LogP contribution >= 0.6 is 0 Å². The zero-order valence-electron chi connectivity index (χ0n) is 13.8. The first-order valence-electron chi connectivity index (χ1n) is 8.50. The summed E-state index contributed by atoms with van der Waals surface area (Å²) in [5.41, 5.74) is 0. The smallest absolute Gasteiger partial charge is 0.236 e. The topological polar surface area (TPSA) is 54.3 Å². The lowest BCUT2D eigenvalue weighted by Gasteiger charge is -2.33. The Bertz CT molecular complexity index is 521.